The Balaban J connectivity index is 1.40. The number of hydrogen-bond donors (Lipinski definition) is 2. The first kappa shape index (κ1) is 22.1. The Morgan fingerprint density at radius 2 is 1.75 bits per heavy atom. The molecule has 1 fully saturated rings. The van der Waals surface area contributed by atoms with Crippen LogP contribution in [0.3, 0.4) is 0 Å². The SMILES string of the molecule is CN1CCN(c2ccc(NC(=O)c3cccc(S(=O)(=O)NCc4ccco4)c3)cc2)CC1. The van der Waals surface area contributed by atoms with Crippen LogP contribution in [0, 0.1) is 0 Å². The van der Waals surface area contributed by atoms with E-state index in [9.17, 15) is 13.2 Å². The maximum atomic E-state index is 12.7. The van der Waals surface area contributed by atoms with Crippen LogP contribution in [-0.2, 0) is 16.6 Å². The number of amides is 1. The lowest BCUT2D eigenvalue weighted by Crippen LogP contribution is -2.44. The van der Waals surface area contributed by atoms with Gasteiger partial charge in [-0.1, -0.05) is 6.07 Å². The van der Waals surface area contributed by atoms with E-state index in [1.165, 1.54) is 18.4 Å². The lowest BCUT2D eigenvalue weighted by Gasteiger charge is -2.34. The van der Waals surface area contributed by atoms with Crippen molar-refractivity contribution in [1.29, 1.82) is 0 Å². The molecule has 0 spiro atoms. The second-order valence-corrected chi connectivity index (χ2v) is 9.49. The van der Waals surface area contributed by atoms with Crippen LogP contribution in [0.1, 0.15) is 16.1 Å². The van der Waals surface area contributed by atoms with E-state index < -0.39 is 10.0 Å². The molecular weight excluding hydrogens is 428 g/mol. The molecule has 9 heteroatoms. The van der Waals surface area contributed by atoms with Crippen molar-refractivity contribution in [2.24, 2.45) is 0 Å². The summed E-state index contributed by atoms with van der Waals surface area (Å²) >= 11 is 0. The lowest BCUT2D eigenvalue weighted by molar-refractivity contribution is 0.102. The molecule has 32 heavy (non-hydrogen) atoms. The van der Waals surface area contributed by atoms with Crippen molar-refractivity contribution >= 4 is 27.3 Å². The van der Waals surface area contributed by atoms with Crippen LogP contribution in [-0.4, -0.2) is 52.5 Å². The molecule has 0 radical (unpaired) electrons. The largest absolute Gasteiger partial charge is 0.468 e. The maximum Gasteiger partial charge on any atom is 0.255 e. The molecule has 2 heterocycles. The lowest BCUT2D eigenvalue weighted by atomic mass is 10.2. The number of nitrogens with zero attached hydrogens (tertiary/aromatic N) is 2. The van der Waals surface area contributed by atoms with E-state index in [1.807, 2.05) is 24.3 Å². The maximum absolute atomic E-state index is 12.7. The van der Waals surface area contributed by atoms with Gasteiger partial charge in [-0.2, -0.15) is 0 Å². The number of carbonyl (C=O) groups is 1. The standard InChI is InChI=1S/C23H26N4O4S/c1-26-11-13-27(14-12-26)20-9-7-19(8-10-20)25-23(28)18-4-2-6-22(16-18)32(29,30)24-17-21-5-3-15-31-21/h2-10,15-16,24H,11-14,17H2,1H3,(H,25,28). The van der Waals surface area contributed by atoms with Gasteiger partial charge in [0.2, 0.25) is 10.0 Å². The van der Waals surface area contributed by atoms with Crippen LogP contribution in [0.25, 0.3) is 0 Å². The van der Waals surface area contributed by atoms with Crippen molar-refractivity contribution in [3.63, 3.8) is 0 Å². The summed E-state index contributed by atoms with van der Waals surface area (Å²) in [5.41, 5.74) is 2.03. The molecule has 0 aliphatic carbocycles. The van der Waals surface area contributed by atoms with Gasteiger partial charge in [0, 0.05) is 43.1 Å². The highest BCUT2D eigenvalue weighted by Crippen LogP contribution is 2.20. The molecule has 0 atom stereocenters. The Bertz CT molecular complexity index is 1150. The topological polar surface area (TPSA) is 94.9 Å². The molecule has 2 N–H and O–H groups in total. The number of sulfonamides is 1. The second-order valence-electron chi connectivity index (χ2n) is 7.72. The van der Waals surface area contributed by atoms with E-state index in [2.05, 4.69) is 26.9 Å². The Morgan fingerprint density at radius 3 is 2.44 bits per heavy atom. The van der Waals surface area contributed by atoms with E-state index in [0.29, 0.717) is 11.4 Å². The molecule has 0 saturated carbocycles. The number of likely N-dealkylation sites (N-methyl/N-ethyl adjacent to an activating group) is 1. The van der Waals surface area contributed by atoms with Crippen molar-refractivity contribution in [1.82, 2.24) is 9.62 Å². The van der Waals surface area contributed by atoms with Crippen molar-refractivity contribution in [2.75, 3.05) is 43.4 Å². The van der Waals surface area contributed by atoms with Crippen molar-refractivity contribution in [3.8, 4) is 0 Å². The van der Waals surface area contributed by atoms with Crippen LogP contribution in [0.15, 0.2) is 76.2 Å². The van der Waals surface area contributed by atoms with Crippen LogP contribution < -0.4 is 14.9 Å². The highest BCUT2D eigenvalue weighted by atomic mass is 32.2. The molecule has 1 aromatic heterocycles. The molecule has 1 amide bonds. The molecule has 1 aliphatic heterocycles. The molecule has 0 unspecified atom stereocenters. The monoisotopic (exact) mass is 454 g/mol. The number of piperazine rings is 1. The van der Waals surface area contributed by atoms with Gasteiger partial charge in [0.25, 0.3) is 5.91 Å². The van der Waals surface area contributed by atoms with Gasteiger partial charge < -0.3 is 19.5 Å². The van der Waals surface area contributed by atoms with E-state index >= 15 is 0 Å². The summed E-state index contributed by atoms with van der Waals surface area (Å²) in [6.45, 7) is 4.02. The number of anilines is 2. The van der Waals surface area contributed by atoms with E-state index in [4.69, 9.17) is 4.42 Å². The van der Waals surface area contributed by atoms with Crippen LogP contribution >= 0.6 is 0 Å². The van der Waals surface area contributed by atoms with Crippen molar-refractivity contribution in [3.05, 3.63) is 78.3 Å². The van der Waals surface area contributed by atoms with Crippen LogP contribution in [0.4, 0.5) is 11.4 Å². The fourth-order valence-corrected chi connectivity index (χ4v) is 4.53. The second kappa shape index (κ2) is 9.56. The van der Waals surface area contributed by atoms with Crippen molar-refractivity contribution < 1.29 is 17.6 Å². The summed E-state index contributed by atoms with van der Waals surface area (Å²) in [5.74, 6) is 0.128. The number of hydrogen-bond acceptors (Lipinski definition) is 6. The molecule has 1 aliphatic rings. The van der Waals surface area contributed by atoms with Gasteiger partial charge in [0.1, 0.15) is 5.76 Å². The molecular formula is C23H26N4O4S. The highest BCUT2D eigenvalue weighted by molar-refractivity contribution is 7.89. The first-order valence-corrected chi connectivity index (χ1v) is 11.9. The number of carbonyl (C=O) groups excluding carboxylic acids is 1. The summed E-state index contributed by atoms with van der Waals surface area (Å²) in [6.07, 6.45) is 1.48. The number of benzene rings is 2. The fourth-order valence-electron chi connectivity index (χ4n) is 3.49. The third-order valence-electron chi connectivity index (χ3n) is 5.42. The molecule has 0 bridgehead atoms. The molecule has 168 valence electrons. The smallest absolute Gasteiger partial charge is 0.255 e. The van der Waals surface area contributed by atoms with Gasteiger partial charge in [-0.05, 0) is 61.6 Å². The summed E-state index contributed by atoms with van der Waals surface area (Å²) in [7, 11) is -1.67. The minimum Gasteiger partial charge on any atom is -0.468 e. The number of furan rings is 1. The Kier molecular flexibility index (Phi) is 6.59. The van der Waals surface area contributed by atoms with E-state index in [1.54, 1.807) is 24.3 Å². The zero-order valence-corrected chi connectivity index (χ0v) is 18.6. The minimum absolute atomic E-state index is 0.0159. The Labute approximate surface area is 187 Å². The fraction of sp³-hybridized carbons (Fsp3) is 0.261. The highest BCUT2D eigenvalue weighted by Gasteiger charge is 2.17. The minimum atomic E-state index is -3.79. The molecule has 4 rings (SSSR count). The van der Waals surface area contributed by atoms with Gasteiger partial charge in [0.05, 0.1) is 17.7 Å². The van der Waals surface area contributed by atoms with Gasteiger partial charge in [-0.3, -0.25) is 4.79 Å². The zero-order valence-electron chi connectivity index (χ0n) is 17.8. The van der Waals surface area contributed by atoms with Crippen LogP contribution in [0.2, 0.25) is 0 Å². The summed E-state index contributed by atoms with van der Waals surface area (Å²) < 4.78 is 32.8. The van der Waals surface area contributed by atoms with Crippen molar-refractivity contribution in [2.45, 2.75) is 11.4 Å². The van der Waals surface area contributed by atoms with Crippen LogP contribution in [0.5, 0.6) is 0 Å². The molecule has 1 saturated heterocycles. The summed E-state index contributed by atoms with van der Waals surface area (Å²) in [4.78, 5) is 17.3. The predicted octanol–water partition coefficient (Wildman–Crippen LogP) is 2.76. The Morgan fingerprint density at radius 1 is 1.00 bits per heavy atom. The predicted molar refractivity (Wildman–Crippen MR) is 123 cm³/mol. The molecule has 2 aromatic carbocycles. The number of rotatable bonds is 7. The zero-order chi connectivity index (χ0) is 22.6. The van der Waals surface area contributed by atoms with Gasteiger partial charge in [-0.15, -0.1) is 0 Å². The third-order valence-corrected chi connectivity index (χ3v) is 6.82. The summed E-state index contributed by atoms with van der Waals surface area (Å²) in [6, 6.07) is 17.0. The Hall–Kier alpha value is -3.14. The average molecular weight is 455 g/mol. The quantitative estimate of drug-likeness (QED) is 0.570. The first-order valence-electron chi connectivity index (χ1n) is 10.4. The van der Waals surface area contributed by atoms with E-state index in [-0.39, 0.29) is 22.9 Å². The summed E-state index contributed by atoms with van der Waals surface area (Å²) in [5, 5.41) is 2.83. The first-order chi connectivity index (χ1) is 15.4. The normalized spacial score (nSPS) is 15.0. The third kappa shape index (κ3) is 5.37. The number of nitrogens with one attached hydrogen (secondary N) is 2. The molecule has 3 aromatic rings. The molecule has 8 nitrogen and oxygen atoms in total. The van der Waals surface area contributed by atoms with Gasteiger partial charge in [-0.25, -0.2) is 13.1 Å². The average Bonchev–Trinajstić information content (AvgIpc) is 3.33. The van der Waals surface area contributed by atoms with Gasteiger partial charge >= 0.3 is 0 Å². The van der Waals surface area contributed by atoms with E-state index in [0.717, 1.165) is 31.9 Å². The van der Waals surface area contributed by atoms with Gasteiger partial charge in [0.15, 0.2) is 0 Å².